The van der Waals surface area contributed by atoms with Crippen LogP contribution in [0.25, 0.3) is 11.1 Å². The minimum atomic E-state index is -0.990. The van der Waals surface area contributed by atoms with Gasteiger partial charge in [-0.3, -0.25) is 4.79 Å². The Bertz CT molecular complexity index is 1180. The van der Waals surface area contributed by atoms with E-state index in [0.717, 1.165) is 17.2 Å². The quantitative estimate of drug-likeness (QED) is 0.490. The molecule has 1 aliphatic heterocycles. The average Bonchev–Trinajstić information content (AvgIpc) is 2.84. The molecule has 0 bridgehead atoms. The third-order valence-electron chi connectivity index (χ3n) is 7.04. The maximum Gasteiger partial charge on any atom is 0.223 e. The van der Waals surface area contributed by atoms with E-state index in [4.69, 9.17) is 0 Å². The van der Waals surface area contributed by atoms with Crippen molar-refractivity contribution >= 4 is 5.91 Å². The molecule has 7 heteroatoms. The standard InChI is InChI=1S/C28H28F3NO3/c1-18(19-2-4-20(5-3-19)25-11-10-23(30)14-26(25)31)32-13-12-28(16-27(32)35,15-24(34)17-33)21-6-8-22(29)9-7-21/h2-11,14,18,24,33-34H,12-13,15-17H2,1H3/t18-,24+,28+/m0/s1. The van der Waals surface area contributed by atoms with Crippen LogP contribution < -0.4 is 0 Å². The van der Waals surface area contributed by atoms with E-state index < -0.39 is 29.8 Å². The Hall–Kier alpha value is -3.16. The lowest BCUT2D eigenvalue weighted by atomic mass is 9.68. The topological polar surface area (TPSA) is 60.8 Å². The second kappa shape index (κ2) is 10.2. The van der Waals surface area contributed by atoms with E-state index in [1.54, 1.807) is 29.2 Å². The summed E-state index contributed by atoms with van der Waals surface area (Å²) >= 11 is 0. The number of hydrogen-bond donors (Lipinski definition) is 2. The maximum atomic E-state index is 14.1. The summed E-state index contributed by atoms with van der Waals surface area (Å²) in [4.78, 5) is 15.1. The van der Waals surface area contributed by atoms with Gasteiger partial charge >= 0.3 is 0 Å². The number of aliphatic hydroxyl groups excluding tert-OH is 2. The molecule has 184 valence electrons. The number of likely N-dealkylation sites (tertiary alicyclic amines) is 1. The van der Waals surface area contributed by atoms with Gasteiger partial charge in [-0.25, -0.2) is 13.2 Å². The van der Waals surface area contributed by atoms with E-state index in [1.165, 1.54) is 24.3 Å². The lowest BCUT2D eigenvalue weighted by Gasteiger charge is -2.44. The molecule has 0 aliphatic carbocycles. The molecule has 1 saturated heterocycles. The van der Waals surface area contributed by atoms with E-state index in [2.05, 4.69) is 0 Å². The molecule has 0 saturated carbocycles. The van der Waals surface area contributed by atoms with Crippen LogP contribution in [0.3, 0.4) is 0 Å². The fourth-order valence-electron chi connectivity index (χ4n) is 5.05. The van der Waals surface area contributed by atoms with Gasteiger partial charge in [-0.1, -0.05) is 36.4 Å². The molecule has 0 aromatic heterocycles. The first-order valence-corrected chi connectivity index (χ1v) is 11.6. The molecule has 2 N–H and O–H groups in total. The van der Waals surface area contributed by atoms with Crippen LogP contribution in [0.4, 0.5) is 13.2 Å². The van der Waals surface area contributed by atoms with Crippen molar-refractivity contribution in [2.24, 2.45) is 0 Å². The van der Waals surface area contributed by atoms with Crippen LogP contribution in [0.2, 0.25) is 0 Å². The van der Waals surface area contributed by atoms with Crippen molar-refractivity contribution in [2.75, 3.05) is 13.2 Å². The van der Waals surface area contributed by atoms with Gasteiger partial charge < -0.3 is 15.1 Å². The van der Waals surface area contributed by atoms with E-state index >= 15 is 0 Å². The van der Waals surface area contributed by atoms with Gasteiger partial charge in [0.1, 0.15) is 17.5 Å². The molecule has 0 radical (unpaired) electrons. The van der Waals surface area contributed by atoms with Crippen LogP contribution in [0.1, 0.15) is 43.4 Å². The van der Waals surface area contributed by atoms with Crippen molar-refractivity contribution < 1.29 is 28.2 Å². The largest absolute Gasteiger partial charge is 0.394 e. The van der Waals surface area contributed by atoms with Gasteiger partial charge in [-0.2, -0.15) is 0 Å². The summed E-state index contributed by atoms with van der Waals surface area (Å²) in [5, 5.41) is 19.6. The number of amides is 1. The zero-order chi connectivity index (χ0) is 25.2. The third kappa shape index (κ3) is 5.26. The molecule has 35 heavy (non-hydrogen) atoms. The number of carbonyl (C=O) groups is 1. The lowest BCUT2D eigenvalue weighted by Crippen LogP contribution is -2.48. The maximum absolute atomic E-state index is 14.1. The Morgan fingerprint density at radius 2 is 1.63 bits per heavy atom. The molecule has 3 aromatic rings. The van der Waals surface area contributed by atoms with Crippen molar-refractivity contribution in [1.29, 1.82) is 0 Å². The normalized spacial score (nSPS) is 20.1. The Morgan fingerprint density at radius 3 is 2.23 bits per heavy atom. The fraction of sp³-hybridized carbons (Fsp3) is 0.321. The Kier molecular flexibility index (Phi) is 7.28. The van der Waals surface area contributed by atoms with Gasteiger partial charge in [0, 0.05) is 30.0 Å². The summed E-state index contributed by atoms with van der Waals surface area (Å²) in [5.41, 5.74) is 1.84. The van der Waals surface area contributed by atoms with Crippen LogP contribution in [0.5, 0.6) is 0 Å². The van der Waals surface area contributed by atoms with Crippen LogP contribution in [0, 0.1) is 17.5 Å². The number of halogens is 3. The monoisotopic (exact) mass is 483 g/mol. The zero-order valence-corrected chi connectivity index (χ0v) is 19.4. The summed E-state index contributed by atoms with van der Waals surface area (Å²) in [6, 6.07) is 16.3. The highest BCUT2D eigenvalue weighted by Crippen LogP contribution is 2.42. The molecular formula is C28H28F3NO3. The highest BCUT2D eigenvalue weighted by atomic mass is 19.1. The molecule has 0 spiro atoms. The van der Waals surface area contributed by atoms with Gasteiger partial charge in [0.25, 0.3) is 0 Å². The number of nitrogens with zero attached hydrogens (tertiary/aromatic N) is 1. The van der Waals surface area contributed by atoms with E-state index in [-0.39, 0.29) is 30.6 Å². The second-order valence-corrected chi connectivity index (χ2v) is 9.26. The van der Waals surface area contributed by atoms with Crippen LogP contribution in [0.15, 0.2) is 66.7 Å². The summed E-state index contributed by atoms with van der Waals surface area (Å²) in [5.74, 6) is -1.76. The summed E-state index contributed by atoms with van der Waals surface area (Å²) in [6.07, 6.45) is -0.124. The number of carbonyl (C=O) groups excluding carboxylic acids is 1. The van der Waals surface area contributed by atoms with Gasteiger partial charge in [-0.05, 0) is 60.7 Å². The van der Waals surface area contributed by atoms with E-state index in [9.17, 15) is 28.2 Å². The second-order valence-electron chi connectivity index (χ2n) is 9.26. The molecule has 3 atom stereocenters. The van der Waals surface area contributed by atoms with Crippen LogP contribution in [-0.2, 0) is 10.2 Å². The molecule has 1 heterocycles. The lowest BCUT2D eigenvalue weighted by molar-refractivity contribution is -0.139. The smallest absolute Gasteiger partial charge is 0.223 e. The van der Waals surface area contributed by atoms with E-state index in [0.29, 0.717) is 24.1 Å². The summed E-state index contributed by atoms with van der Waals surface area (Å²) < 4.78 is 40.9. The molecule has 4 rings (SSSR count). The molecule has 4 nitrogen and oxygen atoms in total. The van der Waals surface area contributed by atoms with Gasteiger partial charge in [0.05, 0.1) is 18.8 Å². The molecule has 3 aromatic carbocycles. The van der Waals surface area contributed by atoms with Crippen molar-refractivity contribution in [3.8, 4) is 11.1 Å². The minimum absolute atomic E-state index is 0.105. The van der Waals surface area contributed by atoms with Crippen LogP contribution >= 0.6 is 0 Å². The van der Waals surface area contributed by atoms with Gasteiger partial charge in [0.2, 0.25) is 5.91 Å². The van der Waals surface area contributed by atoms with Crippen molar-refractivity contribution in [3.63, 3.8) is 0 Å². The number of hydrogen-bond acceptors (Lipinski definition) is 3. The Labute approximate surface area is 202 Å². The van der Waals surface area contributed by atoms with E-state index in [1.807, 2.05) is 19.1 Å². The predicted octanol–water partition coefficient (Wildman–Crippen LogP) is 5.14. The average molecular weight is 484 g/mol. The fourth-order valence-corrected chi connectivity index (χ4v) is 5.05. The van der Waals surface area contributed by atoms with Crippen molar-refractivity contribution in [2.45, 2.75) is 43.7 Å². The molecule has 1 amide bonds. The number of benzene rings is 3. The first kappa shape index (κ1) is 24.9. The van der Waals surface area contributed by atoms with Crippen molar-refractivity contribution in [1.82, 2.24) is 4.90 Å². The van der Waals surface area contributed by atoms with Crippen molar-refractivity contribution in [3.05, 3.63) is 95.3 Å². The SMILES string of the molecule is C[C@@H](c1ccc(-c2ccc(F)cc2F)cc1)N1CC[C@](C[C@@H](O)CO)(c2ccc(F)cc2)CC1=O. The highest BCUT2D eigenvalue weighted by molar-refractivity contribution is 5.79. The number of rotatable bonds is 7. The zero-order valence-electron chi connectivity index (χ0n) is 19.4. The Morgan fingerprint density at radius 1 is 0.971 bits per heavy atom. The molecule has 1 aliphatic rings. The minimum Gasteiger partial charge on any atom is -0.394 e. The number of piperidine rings is 1. The first-order chi connectivity index (χ1) is 16.7. The van der Waals surface area contributed by atoms with Gasteiger partial charge in [0.15, 0.2) is 0 Å². The molecular weight excluding hydrogens is 455 g/mol. The summed E-state index contributed by atoms with van der Waals surface area (Å²) in [6.45, 7) is 1.92. The van der Waals surface area contributed by atoms with Gasteiger partial charge in [-0.15, -0.1) is 0 Å². The summed E-state index contributed by atoms with van der Waals surface area (Å²) in [7, 11) is 0. The highest BCUT2D eigenvalue weighted by Gasteiger charge is 2.42. The Balaban J connectivity index is 1.53. The third-order valence-corrected chi connectivity index (χ3v) is 7.04. The first-order valence-electron chi connectivity index (χ1n) is 11.6. The molecule has 0 unspecified atom stereocenters. The molecule has 1 fully saturated rings. The van der Waals surface area contributed by atoms with Crippen LogP contribution in [-0.4, -0.2) is 40.3 Å². The predicted molar refractivity (Wildman–Crippen MR) is 127 cm³/mol. The number of aliphatic hydroxyl groups is 2.